The predicted octanol–water partition coefficient (Wildman–Crippen LogP) is 3.10. The Bertz CT molecular complexity index is 1080. The van der Waals surface area contributed by atoms with Crippen molar-refractivity contribution in [1.29, 1.82) is 0 Å². The zero-order chi connectivity index (χ0) is 19.9. The van der Waals surface area contributed by atoms with Crippen LogP contribution in [0.25, 0.3) is 0 Å². The lowest BCUT2D eigenvalue weighted by atomic mass is 9.96. The van der Waals surface area contributed by atoms with Crippen molar-refractivity contribution < 1.29 is 13.2 Å². The number of nitrogens with one attached hydrogen (secondary N) is 1. The number of piperidine rings is 1. The number of anilines is 1. The minimum Gasteiger partial charge on any atom is -0.355 e. The third kappa shape index (κ3) is 3.42. The fourth-order valence-corrected chi connectivity index (χ4v) is 5.12. The van der Waals surface area contributed by atoms with Crippen molar-refractivity contribution >= 4 is 27.5 Å². The number of aryl methyl sites for hydroxylation is 2. The van der Waals surface area contributed by atoms with Gasteiger partial charge in [0.05, 0.1) is 5.92 Å². The van der Waals surface area contributed by atoms with Crippen LogP contribution in [0, 0.1) is 19.8 Å². The van der Waals surface area contributed by atoms with Gasteiger partial charge in [-0.2, -0.15) is 8.42 Å². The first-order chi connectivity index (χ1) is 13.3. The molecule has 0 radical (unpaired) electrons. The zero-order valence-electron chi connectivity index (χ0n) is 16.0. The third-order valence-electron chi connectivity index (χ3n) is 5.34. The Morgan fingerprint density at radius 1 is 1.18 bits per heavy atom. The molecule has 2 heterocycles. The number of carbonyl (C=O) groups is 1. The summed E-state index contributed by atoms with van der Waals surface area (Å²) in [6.07, 6.45) is 1.58. The molecule has 146 valence electrons. The monoisotopic (exact) mass is 397 g/mol. The molecule has 1 amide bonds. The van der Waals surface area contributed by atoms with E-state index in [9.17, 15) is 13.2 Å². The Hall–Kier alpha value is -2.67. The quantitative estimate of drug-likeness (QED) is 0.845. The molecule has 0 bridgehead atoms. The molecule has 1 saturated heterocycles. The van der Waals surface area contributed by atoms with Crippen molar-refractivity contribution in [3.8, 4) is 0 Å². The molecule has 1 atom stereocenters. The van der Waals surface area contributed by atoms with E-state index in [0.29, 0.717) is 24.5 Å². The molecule has 7 heteroatoms. The van der Waals surface area contributed by atoms with Crippen LogP contribution in [0.15, 0.2) is 51.8 Å². The van der Waals surface area contributed by atoms with Gasteiger partial charge in [0.25, 0.3) is 10.0 Å². The molecule has 1 fully saturated rings. The Labute approximate surface area is 165 Å². The van der Waals surface area contributed by atoms with E-state index < -0.39 is 10.0 Å². The van der Waals surface area contributed by atoms with Gasteiger partial charge in [0.1, 0.15) is 4.90 Å². The van der Waals surface area contributed by atoms with Crippen LogP contribution in [0.2, 0.25) is 0 Å². The Morgan fingerprint density at radius 3 is 2.75 bits per heavy atom. The van der Waals surface area contributed by atoms with Crippen molar-refractivity contribution in [2.24, 2.45) is 10.3 Å². The number of sulfonamides is 1. The lowest BCUT2D eigenvalue weighted by Gasteiger charge is -2.33. The van der Waals surface area contributed by atoms with E-state index >= 15 is 0 Å². The van der Waals surface area contributed by atoms with Gasteiger partial charge in [0.15, 0.2) is 5.84 Å². The van der Waals surface area contributed by atoms with Crippen LogP contribution in [-0.2, 0) is 14.8 Å². The lowest BCUT2D eigenvalue weighted by Crippen LogP contribution is -2.43. The summed E-state index contributed by atoms with van der Waals surface area (Å²) in [5.74, 6) is 0.207. The number of likely N-dealkylation sites (tertiary alicyclic amines) is 1. The zero-order valence-corrected chi connectivity index (χ0v) is 16.8. The molecule has 6 nitrogen and oxygen atoms in total. The molecular formula is C21H23N3O3S. The SMILES string of the molecule is Cc1ccc(NC(=O)[C@@H]2CCCN(C3=NS(=O)(=O)c4ccccc43)C2)c(C)c1. The van der Waals surface area contributed by atoms with Crippen molar-refractivity contribution in [2.45, 2.75) is 31.6 Å². The first kappa shape index (κ1) is 18.7. The molecule has 0 spiro atoms. The molecule has 2 aliphatic rings. The van der Waals surface area contributed by atoms with Crippen LogP contribution in [0.5, 0.6) is 0 Å². The molecular weight excluding hydrogens is 374 g/mol. The molecule has 2 aromatic rings. The first-order valence-corrected chi connectivity index (χ1v) is 10.9. The Morgan fingerprint density at radius 2 is 1.96 bits per heavy atom. The van der Waals surface area contributed by atoms with Gasteiger partial charge in [-0.05, 0) is 50.5 Å². The normalized spacial score (nSPS) is 20.4. The highest BCUT2D eigenvalue weighted by molar-refractivity contribution is 7.90. The minimum absolute atomic E-state index is 0.0357. The molecule has 0 aromatic heterocycles. The molecule has 0 saturated carbocycles. The second kappa shape index (κ2) is 7.05. The van der Waals surface area contributed by atoms with E-state index in [1.807, 2.05) is 43.0 Å². The highest BCUT2D eigenvalue weighted by atomic mass is 32.2. The number of benzene rings is 2. The van der Waals surface area contributed by atoms with E-state index in [4.69, 9.17) is 0 Å². The molecule has 2 aromatic carbocycles. The average Bonchev–Trinajstić information content (AvgIpc) is 2.96. The topological polar surface area (TPSA) is 78.8 Å². The first-order valence-electron chi connectivity index (χ1n) is 9.42. The van der Waals surface area contributed by atoms with Crippen molar-refractivity contribution in [1.82, 2.24) is 4.90 Å². The van der Waals surface area contributed by atoms with Gasteiger partial charge >= 0.3 is 0 Å². The van der Waals surface area contributed by atoms with Gasteiger partial charge in [0.2, 0.25) is 5.91 Å². The standard InChI is InChI=1S/C21H23N3O3S/c1-14-9-10-18(15(2)12-14)22-21(25)16-6-5-11-24(13-16)20-17-7-3-4-8-19(17)28(26,27)23-20/h3-4,7-10,12,16H,5-6,11,13H2,1-2H3,(H,22,25)/t16-/m1/s1. The summed E-state index contributed by atoms with van der Waals surface area (Å²) < 4.78 is 28.7. The van der Waals surface area contributed by atoms with E-state index in [0.717, 1.165) is 29.7 Å². The second-order valence-corrected chi connectivity index (χ2v) is 9.05. The predicted molar refractivity (Wildman–Crippen MR) is 109 cm³/mol. The van der Waals surface area contributed by atoms with Gasteiger partial charge in [-0.1, -0.05) is 29.8 Å². The summed E-state index contributed by atoms with van der Waals surface area (Å²) in [5, 5.41) is 3.03. The summed E-state index contributed by atoms with van der Waals surface area (Å²) >= 11 is 0. The Kier molecular flexibility index (Phi) is 4.71. The van der Waals surface area contributed by atoms with Crippen LogP contribution in [-0.4, -0.2) is 38.2 Å². The molecule has 0 aliphatic carbocycles. The van der Waals surface area contributed by atoms with Gasteiger partial charge in [-0.25, -0.2) is 0 Å². The summed E-state index contributed by atoms with van der Waals surface area (Å²) in [6.45, 7) is 5.14. The van der Waals surface area contributed by atoms with Gasteiger partial charge in [-0.3, -0.25) is 4.79 Å². The molecule has 4 rings (SSSR count). The summed E-state index contributed by atoms with van der Waals surface area (Å²) in [6, 6.07) is 12.8. The number of nitrogens with zero attached hydrogens (tertiary/aromatic N) is 2. The smallest absolute Gasteiger partial charge is 0.285 e. The molecule has 28 heavy (non-hydrogen) atoms. The maximum absolute atomic E-state index is 12.8. The van der Waals surface area contributed by atoms with Crippen molar-refractivity contribution in [3.63, 3.8) is 0 Å². The largest absolute Gasteiger partial charge is 0.355 e. The summed E-state index contributed by atoms with van der Waals surface area (Å²) in [5.41, 5.74) is 3.62. The fraction of sp³-hybridized carbons (Fsp3) is 0.333. The average molecular weight is 398 g/mol. The second-order valence-electron chi connectivity index (χ2n) is 7.48. The summed E-state index contributed by atoms with van der Waals surface area (Å²) in [4.78, 5) is 15.0. The van der Waals surface area contributed by atoms with Crippen LogP contribution < -0.4 is 5.32 Å². The van der Waals surface area contributed by atoms with Crippen LogP contribution in [0.3, 0.4) is 0 Å². The molecule has 2 aliphatic heterocycles. The van der Waals surface area contributed by atoms with Crippen molar-refractivity contribution in [2.75, 3.05) is 18.4 Å². The third-order valence-corrected chi connectivity index (χ3v) is 6.67. The summed E-state index contributed by atoms with van der Waals surface area (Å²) in [7, 11) is -3.65. The lowest BCUT2D eigenvalue weighted by molar-refractivity contribution is -0.121. The minimum atomic E-state index is -3.65. The number of amidine groups is 1. The van der Waals surface area contributed by atoms with Crippen molar-refractivity contribution in [3.05, 3.63) is 59.2 Å². The highest BCUT2D eigenvalue weighted by Gasteiger charge is 2.35. The fourth-order valence-electron chi connectivity index (χ4n) is 3.89. The maximum atomic E-state index is 12.8. The van der Waals surface area contributed by atoms with E-state index in [2.05, 4.69) is 9.71 Å². The van der Waals surface area contributed by atoms with E-state index in [-0.39, 0.29) is 16.7 Å². The van der Waals surface area contributed by atoms with Gasteiger partial charge in [-0.15, -0.1) is 4.40 Å². The number of carbonyl (C=O) groups excluding carboxylic acids is 1. The maximum Gasteiger partial charge on any atom is 0.285 e. The molecule has 0 unspecified atom stereocenters. The van der Waals surface area contributed by atoms with Gasteiger partial charge in [0, 0.05) is 24.3 Å². The van der Waals surface area contributed by atoms with Crippen LogP contribution in [0.1, 0.15) is 29.5 Å². The van der Waals surface area contributed by atoms with E-state index in [1.165, 1.54) is 0 Å². The van der Waals surface area contributed by atoms with Gasteiger partial charge < -0.3 is 10.2 Å². The Balaban J connectivity index is 1.53. The number of amides is 1. The van der Waals surface area contributed by atoms with Crippen LogP contribution in [0.4, 0.5) is 5.69 Å². The van der Waals surface area contributed by atoms with Crippen LogP contribution >= 0.6 is 0 Å². The number of hydrogen-bond acceptors (Lipinski definition) is 4. The number of rotatable bonds is 2. The number of hydrogen-bond donors (Lipinski definition) is 1. The number of fused-ring (bicyclic) bond motifs is 1. The molecule has 1 N–H and O–H groups in total. The van der Waals surface area contributed by atoms with E-state index in [1.54, 1.807) is 18.2 Å². The highest BCUT2D eigenvalue weighted by Crippen LogP contribution is 2.30.